The Morgan fingerprint density at radius 1 is 0.404 bits per heavy atom. The summed E-state index contributed by atoms with van der Waals surface area (Å²) in [5.74, 6) is -1.42. The van der Waals surface area contributed by atoms with Crippen LogP contribution in [0.1, 0.15) is 81.0 Å². The number of carbonyl (C=O) groups is 6. The number of benzene rings is 4. The van der Waals surface area contributed by atoms with Gasteiger partial charge >= 0.3 is 0 Å². The maximum atomic E-state index is 12.7. The van der Waals surface area contributed by atoms with E-state index in [-0.39, 0.29) is 35.4 Å². The highest BCUT2D eigenvalue weighted by Gasteiger charge is 2.24. The molecule has 0 saturated carbocycles. The maximum absolute atomic E-state index is 12.7. The van der Waals surface area contributed by atoms with Crippen molar-refractivity contribution in [3.8, 4) is 0 Å². The van der Waals surface area contributed by atoms with Crippen molar-refractivity contribution in [2.24, 2.45) is 0 Å². The van der Waals surface area contributed by atoms with Crippen molar-refractivity contribution in [3.63, 3.8) is 0 Å². The lowest BCUT2D eigenvalue weighted by Gasteiger charge is -2.18. The summed E-state index contributed by atoms with van der Waals surface area (Å²) in [6, 6.07) is 27.5. The van der Waals surface area contributed by atoms with Crippen molar-refractivity contribution in [2.45, 2.75) is 39.5 Å². The number of para-hydroxylation sites is 4. The van der Waals surface area contributed by atoms with Gasteiger partial charge in [0.25, 0.3) is 23.6 Å². The zero-order valence-electron chi connectivity index (χ0n) is 29.2. The molecule has 2 aliphatic rings. The van der Waals surface area contributed by atoms with E-state index >= 15 is 0 Å². The number of hydrogen-bond donors (Lipinski definition) is 4. The number of amides is 6. The van der Waals surface area contributed by atoms with Crippen LogP contribution in [0.4, 0.5) is 22.7 Å². The van der Waals surface area contributed by atoms with Gasteiger partial charge in [0.2, 0.25) is 11.8 Å². The monoisotopic (exact) mass is 702 g/mol. The Hall–Kier alpha value is -6.30. The third kappa shape index (κ3) is 9.48. The molecule has 0 spiro atoms. The molecule has 0 bridgehead atoms. The van der Waals surface area contributed by atoms with Crippen LogP contribution in [0.2, 0.25) is 0 Å². The van der Waals surface area contributed by atoms with Gasteiger partial charge in [0, 0.05) is 40.0 Å². The first-order valence-corrected chi connectivity index (χ1v) is 17.2. The molecule has 6 rings (SSSR count). The van der Waals surface area contributed by atoms with E-state index in [1.807, 2.05) is 0 Å². The zero-order chi connectivity index (χ0) is 37.0. The summed E-state index contributed by atoms with van der Waals surface area (Å²) in [6.45, 7) is 5.75. The van der Waals surface area contributed by atoms with Crippen LogP contribution in [-0.4, -0.2) is 71.4 Å². The summed E-state index contributed by atoms with van der Waals surface area (Å²) in [4.78, 5) is 77.2. The quantitative estimate of drug-likeness (QED) is 0.170. The zero-order valence-corrected chi connectivity index (χ0v) is 29.2. The van der Waals surface area contributed by atoms with Gasteiger partial charge in [0.1, 0.15) is 0 Å². The van der Waals surface area contributed by atoms with Gasteiger partial charge in [-0.1, -0.05) is 48.5 Å². The van der Waals surface area contributed by atoms with E-state index in [0.29, 0.717) is 45.0 Å². The van der Waals surface area contributed by atoms with E-state index in [9.17, 15) is 28.8 Å². The molecule has 4 aromatic rings. The standard InChI is InChI=1S/2C20H21N3O3/c2*1-14(24)21-17-10-4-2-8-15(17)19(25)22-18-11-5-3-9-16(18)20(26)23-12-6-7-13-23/h2*2-5,8-11H,6-7,12-13H2,1H3,(H,21,24)(H,22,25). The molecular formula is C40H42N6O6. The Morgan fingerprint density at radius 2 is 0.673 bits per heavy atom. The van der Waals surface area contributed by atoms with Crippen LogP contribution >= 0.6 is 0 Å². The second kappa shape index (κ2) is 17.6. The third-order valence-corrected chi connectivity index (χ3v) is 8.56. The van der Waals surface area contributed by atoms with E-state index in [1.54, 1.807) is 107 Å². The van der Waals surface area contributed by atoms with Gasteiger partial charge in [-0.25, -0.2) is 0 Å². The second-order valence-electron chi connectivity index (χ2n) is 12.5. The van der Waals surface area contributed by atoms with Crippen LogP contribution in [0, 0.1) is 0 Å². The van der Waals surface area contributed by atoms with Crippen molar-refractivity contribution in [1.82, 2.24) is 9.80 Å². The third-order valence-electron chi connectivity index (χ3n) is 8.56. The fraction of sp³-hybridized carbons (Fsp3) is 0.250. The van der Waals surface area contributed by atoms with Crippen LogP contribution in [-0.2, 0) is 9.59 Å². The molecule has 0 radical (unpaired) electrons. The second-order valence-corrected chi connectivity index (χ2v) is 12.5. The average Bonchev–Trinajstić information content (AvgIpc) is 3.88. The molecule has 2 aliphatic heterocycles. The molecule has 4 aromatic carbocycles. The smallest absolute Gasteiger partial charge is 0.257 e. The van der Waals surface area contributed by atoms with E-state index in [2.05, 4.69) is 21.3 Å². The van der Waals surface area contributed by atoms with Crippen molar-refractivity contribution in [1.29, 1.82) is 0 Å². The minimum absolute atomic E-state index is 0.0754. The molecule has 0 aromatic heterocycles. The molecule has 2 heterocycles. The molecule has 2 saturated heterocycles. The van der Waals surface area contributed by atoms with Gasteiger partial charge in [-0.3, -0.25) is 28.8 Å². The summed E-state index contributed by atoms with van der Waals surface area (Å²) in [6.07, 6.45) is 4.02. The normalized spacial score (nSPS) is 13.3. The molecule has 2 fully saturated rings. The molecule has 12 nitrogen and oxygen atoms in total. The molecule has 4 N–H and O–H groups in total. The maximum Gasteiger partial charge on any atom is 0.257 e. The first-order valence-electron chi connectivity index (χ1n) is 17.2. The lowest BCUT2D eigenvalue weighted by Crippen LogP contribution is -2.29. The largest absolute Gasteiger partial charge is 0.339 e. The number of rotatable bonds is 8. The first-order chi connectivity index (χ1) is 25.1. The van der Waals surface area contributed by atoms with Gasteiger partial charge < -0.3 is 31.1 Å². The minimum Gasteiger partial charge on any atom is -0.339 e. The Kier molecular flexibility index (Phi) is 12.5. The van der Waals surface area contributed by atoms with Gasteiger partial charge in [-0.05, 0) is 74.2 Å². The lowest BCUT2D eigenvalue weighted by atomic mass is 10.1. The summed E-state index contributed by atoms with van der Waals surface area (Å²) < 4.78 is 0. The van der Waals surface area contributed by atoms with E-state index < -0.39 is 0 Å². The van der Waals surface area contributed by atoms with Crippen LogP contribution in [0.25, 0.3) is 0 Å². The highest BCUT2D eigenvalue weighted by molar-refractivity contribution is 6.13. The molecule has 268 valence electrons. The first kappa shape index (κ1) is 37.0. The SMILES string of the molecule is CC(=O)Nc1ccccc1C(=O)Nc1ccccc1C(=O)N1CCCC1.CC(=O)Nc1ccccc1C(=O)Nc1ccccc1C(=O)N1CCCC1. The Morgan fingerprint density at radius 3 is 0.981 bits per heavy atom. The molecule has 0 unspecified atom stereocenters. The molecular weight excluding hydrogens is 660 g/mol. The van der Waals surface area contributed by atoms with Crippen molar-refractivity contribution >= 4 is 58.2 Å². The molecule has 6 amide bonds. The lowest BCUT2D eigenvalue weighted by molar-refractivity contribution is -0.115. The Bertz CT molecular complexity index is 1820. The highest BCUT2D eigenvalue weighted by Crippen LogP contribution is 2.24. The number of hydrogen-bond acceptors (Lipinski definition) is 6. The summed E-state index contributed by atoms with van der Waals surface area (Å²) in [5.41, 5.74) is 3.41. The van der Waals surface area contributed by atoms with Crippen molar-refractivity contribution in [2.75, 3.05) is 47.4 Å². The van der Waals surface area contributed by atoms with Crippen LogP contribution in [0.5, 0.6) is 0 Å². The van der Waals surface area contributed by atoms with E-state index in [0.717, 1.165) is 51.9 Å². The minimum atomic E-state index is -0.379. The predicted molar refractivity (Wildman–Crippen MR) is 201 cm³/mol. The predicted octanol–water partition coefficient (Wildman–Crippen LogP) is 6.27. The number of nitrogens with one attached hydrogen (secondary N) is 4. The van der Waals surface area contributed by atoms with Crippen LogP contribution in [0.3, 0.4) is 0 Å². The topological polar surface area (TPSA) is 157 Å². The number of carbonyl (C=O) groups excluding carboxylic acids is 6. The van der Waals surface area contributed by atoms with Crippen molar-refractivity contribution in [3.05, 3.63) is 119 Å². The van der Waals surface area contributed by atoms with Gasteiger partial charge in [0.15, 0.2) is 0 Å². The number of nitrogens with zero attached hydrogens (tertiary/aromatic N) is 2. The van der Waals surface area contributed by atoms with Gasteiger partial charge in [0.05, 0.1) is 45.0 Å². The summed E-state index contributed by atoms with van der Waals surface area (Å²) in [7, 11) is 0. The highest BCUT2D eigenvalue weighted by atomic mass is 16.2. The van der Waals surface area contributed by atoms with Crippen LogP contribution in [0.15, 0.2) is 97.1 Å². The van der Waals surface area contributed by atoms with E-state index in [4.69, 9.17) is 0 Å². The summed E-state index contributed by atoms with van der Waals surface area (Å²) >= 11 is 0. The molecule has 52 heavy (non-hydrogen) atoms. The fourth-order valence-electron chi connectivity index (χ4n) is 6.08. The van der Waals surface area contributed by atoms with Crippen molar-refractivity contribution < 1.29 is 28.8 Å². The summed E-state index contributed by atoms with van der Waals surface area (Å²) in [5, 5.41) is 10.9. The molecule has 0 atom stereocenters. The van der Waals surface area contributed by atoms with Gasteiger partial charge in [-0.2, -0.15) is 0 Å². The van der Waals surface area contributed by atoms with Gasteiger partial charge in [-0.15, -0.1) is 0 Å². The fourth-order valence-corrected chi connectivity index (χ4v) is 6.08. The Labute approximate surface area is 302 Å². The van der Waals surface area contributed by atoms with E-state index in [1.165, 1.54) is 13.8 Å². The van der Waals surface area contributed by atoms with Crippen LogP contribution < -0.4 is 21.3 Å². The Balaban J connectivity index is 0.000000201. The average molecular weight is 703 g/mol. The molecule has 12 heteroatoms. The number of likely N-dealkylation sites (tertiary alicyclic amines) is 2. The number of anilines is 4. The molecule has 0 aliphatic carbocycles.